The SMILES string of the molecule is FC1(c2cccc3[nH]ccc23)CCCNC1. The molecule has 0 bridgehead atoms. The van der Waals surface area contributed by atoms with Gasteiger partial charge in [0.1, 0.15) is 5.67 Å². The standard InChI is InChI=1S/C13H15FN2/c14-13(6-2-7-15-9-13)11-3-1-4-12-10(11)5-8-16-12/h1,3-5,8,15-16H,2,6-7,9H2. The smallest absolute Gasteiger partial charge is 0.149 e. The number of nitrogens with one attached hydrogen (secondary N) is 2. The Morgan fingerprint density at radius 2 is 2.19 bits per heavy atom. The maximum atomic E-state index is 14.8. The third-order valence-corrected chi connectivity index (χ3v) is 3.41. The first-order chi connectivity index (χ1) is 7.80. The second kappa shape index (κ2) is 3.59. The number of hydrogen-bond donors (Lipinski definition) is 2. The van der Waals surface area contributed by atoms with E-state index < -0.39 is 5.67 Å². The molecule has 84 valence electrons. The van der Waals surface area contributed by atoms with Crippen LogP contribution in [0.5, 0.6) is 0 Å². The number of rotatable bonds is 1. The lowest BCUT2D eigenvalue weighted by atomic mass is 9.86. The van der Waals surface area contributed by atoms with Crippen molar-refractivity contribution >= 4 is 10.9 Å². The minimum absolute atomic E-state index is 0.428. The van der Waals surface area contributed by atoms with Crippen molar-refractivity contribution in [3.8, 4) is 0 Å². The summed E-state index contributed by atoms with van der Waals surface area (Å²) >= 11 is 0. The van der Waals surface area contributed by atoms with E-state index in [9.17, 15) is 4.39 Å². The number of piperidine rings is 1. The van der Waals surface area contributed by atoms with Crippen LogP contribution >= 0.6 is 0 Å². The fourth-order valence-corrected chi connectivity index (χ4v) is 2.57. The summed E-state index contributed by atoms with van der Waals surface area (Å²) in [5.74, 6) is 0. The summed E-state index contributed by atoms with van der Waals surface area (Å²) < 4.78 is 14.8. The fourth-order valence-electron chi connectivity index (χ4n) is 2.57. The van der Waals surface area contributed by atoms with E-state index in [0.717, 1.165) is 29.4 Å². The topological polar surface area (TPSA) is 27.8 Å². The van der Waals surface area contributed by atoms with Crippen LogP contribution in [0.4, 0.5) is 4.39 Å². The van der Waals surface area contributed by atoms with E-state index >= 15 is 0 Å². The molecule has 0 aliphatic carbocycles. The van der Waals surface area contributed by atoms with Gasteiger partial charge in [-0.15, -0.1) is 0 Å². The zero-order valence-electron chi connectivity index (χ0n) is 9.09. The molecule has 3 rings (SSSR count). The number of benzene rings is 1. The van der Waals surface area contributed by atoms with Crippen molar-refractivity contribution in [1.29, 1.82) is 0 Å². The fraction of sp³-hybridized carbons (Fsp3) is 0.385. The molecule has 16 heavy (non-hydrogen) atoms. The van der Waals surface area contributed by atoms with Gasteiger partial charge in [-0.3, -0.25) is 0 Å². The lowest BCUT2D eigenvalue weighted by Crippen LogP contribution is -2.40. The highest BCUT2D eigenvalue weighted by atomic mass is 19.1. The molecule has 1 unspecified atom stereocenters. The van der Waals surface area contributed by atoms with Crippen LogP contribution in [0.3, 0.4) is 0 Å². The Bertz CT molecular complexity index is 497. The van der Waals surface area contributed by atoms with Gasteiger partial charge in [-0.25, -0.2) is 4.39 Å². The van der Waals surface area contributed by atoms with Gasteiger partial charge in [-0.1, -0.05) is 12.1 Å². The van der Waals surface area contributed by atoms with Gasteiger partial charge in [0, 0.05) is 23.6 Å². The maximum absolute atomic E-state index is 14.8. The van der Waals surface area contributed by atoms with E-state index in [4.69, 9.17) is 0 Å². The third-order valence-electron chi connectivity index (χ3n) is 3.41. The predicted octanol–water partition coefficient (Wildman–Crippen LogP) is 2.72. The monoisotopic (exact) mass is 218 g/mol. The van der Waals surface area contributed by atoms with Crippen LogP contribution in [0.15, 0.2) is 30.5 Å². The van der Waals surface area contributed by atoms with Gasteiger partial charge in [0.05, 0.1) is 0 Å². The molecule has 1 aliphatic rings. The normalized spacial score (nSPS) is 26.1. The lowest BCUT2D eigenvalue weighted by molar-refractivity contribution is 0.123. The van der Waals surface area contributed by atoms with Gasteiger partial charge < -0.3 is 10.3 Å². The second-order valence-corrected chi connectivity index (χ2v) is 4.49. The highest BCUT2D eigenvalue weighted by Crippen LogP contribution is 2.36. The van der Waals surface area contributed by atoms with E-state index in [0.29, 0.717) is 13.0 Å². The first-order valence-corrected chi connectivity index (χ1v) is 5.76. The number of aromatic nitrogens is 1. The molecule has 2 aromatic rings. The number of halogens is 1. The molecule has 1 aromatic heterocycles. The minimum atomic E-state index is -1.21. The van der Waals surface area contributed by atoms with Crippen LogP contribution in [-0.2, 0) is 5.67 Å². The van der Waals surface area contributed by atoms with Crippen molar-refractivity contribution < 1.29 is 4.39 Å². The molecule has 1 aromatic carbocycles. The Hall–Kier alpha value is -1.35. The zero-order chi connectivity index (χ0) is 11.0. The molecule has 0 saturated carbocycles. The summed E-state index contributed by atoms with van der Waals surface area (Å²) in [7, 11) is 0. The van der Waals surface area contributed by atoms with E-state index in [1.54, 1.807) is 0 Å². The first-order valence-electron chi connectivity index (χ1n) is 5.76. The molecule has 3 heteroatoms. The summed E-state index contributed by atoms with van der Waals surface area (Å²) in [6, 6.07) is 7.77. The van der Waals surface area contributed by atoms with Crippen LogP contribution in [0.1, 0.15) is 18.4 Å². The molecule has 1 atom stereocenters. The third kappa shape index (κ3) is 1.43. The molecule has 0 radical (unpaired) electrons. The summed E-state index contributed by atoms with van der Waals surface area (Å²) in [6.07, 6.45) is 3.38. The first kappa shape index (κ1) is 9.85. The Morgan fingerprint density at radius 3 is 3.00 bits per heavy atom. The van der Waals surface area contributed by atoms with Crippen molar-refractivity contribution in [2.75, 3.05) is 13.1 Å². The van der Waals surface area contributed by atoms with Gasteiger partial charge in [0.2, 0.25) is 0 Å². The van der Waals surface area contributed by atoms with Crippen molar-refractivity contribution in [2.45, 2.75) is 18.5 Å². The molecule has 0 amide bonds. The largest absolute Gasteiger partial charge is 0.361 e. The van der Waals surface area contributed by atoms with Gasteiger partial charge in [0.15, 0.2) is 0 Å². The molecule has 1 aliphatic heterocycles. The summed E-state index contributed by atoms with van der Waals surface area (Å²) in [6.45, 7) is 1.35. The zero-order valence-corrected chi connectivity index (χ0v) is 9.09. The molecular formula is C13H15FN2. The average molecular weight is 218 g/mol. The molecule has 1 fully saturated rings. The van der Waals surface area contributed by atoms with Gasteiger partial charge in [0.25, 0.3) is 0 Å². The van der Waals surface area contributed by atoms with Gasteiger partial charge in [-0.05, 0) is 37.1 Å². The Kier molecular flexibility index (Phi) is 2.21. The van der Waals surface area contributed by atoms with Crippen LogP contribution < -0.4 is 5.32 Å². The maximum Gasteiger partial charge on any atom is 0.149 e. The van der Waals surface area contributed by atoms with Crippen LogP contribution in [0.25, 0.3) is 10.9 Å². The lowest BCUT2D eigenvalue weighted by Gasteiger charge is -2.31. The Morgan fingerprint density at radius 1 is 1.25 bits per heavy atom. The molecule has 2 N–H and O–H groups in total. The average Bonchev–Trinajstić information content (AvgIpc) is 2.77. The molecular weight excluding hydrogens is 203 g/mol. The van der Waals surface area contributed by atoms with Crippen LogP contribution in [0, 0.1) is 0 Å². The van der Waals surface area contributed by atoms with Crippen LogP contribution in [0.2, 0.25) is 0 Å². The number of aromatic amines is 1. The summed E-state index contributed by atoms with van der Waals surface area (Å²) in [4.78, 5) is 3.13. The summed E-state index contributed by atoms with van der Waals surface area (Å²) in [5, 5.41) is 4.15. The number of alkyl halides is 1. The van der Waals surface area contributed by atoms with Crippen molar-refractivity contribution in [3.05, 3.63) is 36.0 Å². The highest BCUT2D eigenvalue weighted by Gasteiger charge is 2.34. The van der Waals surface area contributed by atoms with E-state index in [2.05, 4.69) is 10.3 Å². The molecule has 2 nitrogen and oxygen atoms in total. The Balaban J connectivity index is 2.13. The number of fused-ring (bicyclic) bond motifs is 1. The minimum Gasteiger partial charge on any atom is -0.361 e. The highest BCUT2D eigenvalue weighted by molar-refractivity contribution is 5.83. The molecule has 2 heterocycles. The molecule has 0 spiro atoms. The quantitative estimate of drug-likeness (QED) is 0.756. The van der Waals surface area contributed by atoms with E-state index in [1.807, 2.05) is 30.5 Å². The summed E-state index contributed by atoms with van der Waals surface area (Å²) in [5.41, 5.74) is 0.624. The van der Waals surface area contributed by atoms with Crippen molar-refractivity contribution in [2.24, 2.45) is 0 Å². The number of H-pyrrole nitrogens is 1. The van der Waals surface area contributed by atoms with Gasteiger partial charge >= 0.3 is 0 Å². The Labute approximate surface area is 93.9 Å². The van der Waals surface area contributed by atoms with Crippen molar-refractivity contribution in [3.63, 3.8) is 0 Å². The van der Waals surface area contributed by atoms with E-state index in [-0.39, 0.29) is 0 Å². The van der Waals surface area contributed by atoms with Crippen LogP contribution in [-0.4, -0.2) is 18.1 Å². The van der Waals surface area contributed by atoms with E-state index in [1.165, 1.54) is 0 Å². The van der Waals surface area contributed by atoms with Gasteiger partial charge in [-0.2, -0.15) is 0 Å². The van der Waals surface area contributed by atoms with Crippen molar-refractivity contribution in [1.82, 2.24) is 10.3 Å². The number of hydrogen-bond acceptors (Lipinski definition) is 1. The molecule has 1 saturated heterocycles. The second-order valence-electron chi connectivity index (χ2n) is 4.49. The predicted molar refractivity (Wildman–Crippen MR) is 63.2 cm³/mol.